The summed E-state index contributed by atoms with van der Waals surface area (Å²) in [5.74, 6) is -0.432. The molecule has 0 aliphatic carbocycles. The van der Waals surface area contributed by atoms with Crippen molar-refractivity contribution in [2.75, 3.05) is 18.1 Å². The molecule has 4 rings (SSSR count). The van der Waals surface area contributed by atoms with Gasteiger partial charge in [-0.25, -0.2) is 17.5 Å². The van der Waals surface area contributed by atoms with Crippen LogP contribution in [0.1, 0.15) is 25.3 Å². The monoisotopic (exact) mass is 467 g/mol. The Balaban J connectivity index is 1.66. The molecule has 6 nitrogen and oxygen atoms in total. The molecule has 3 aromatic rings. The summed E-state index contributed by atoms with van der Waals surface area (Å²) < 4.78 is 39.0. The molecule has 0 saturated carbocycles. The van der Waals surface area contributed by atoms with Crippen molar-refractivity contribution < 1.29 is 17.6 Å². The van der Waals surface area contributed by atoms with Crippen LogP contribution in [0, 0.1) is 5.82 Å². The van der Waals surface area contributed by atoms with Gasteiger partial charge in [-0.1, -0.05) is 25.1 Å². The highest BCUT2D eigenvalue weighted by atomic mass is 32.2. The number of carbonyl (C=O) groups excluding carboxylic acids is 1. The van der Waals surface area contributed by atoms with Crippen molar-refractivity contribution in [3.05, 3.63) is 78.3 Å². The molecule has 2 heterocycles. The molecule has 1 unspecified atom stereocenters. The molecule has 33 heavy (non-hydrogen) atoms. The van der Waals surface area contributed by atoms with Crippen molar-refractivity contribution in [2.24, 2.45) is 0 Å². The van der Waals surface area contributed by atoms with Crippen LogP contribution in [0.15, 0.2) is 66.9 Å². The Bertz CT molecular complexity index is 1250. The second kappa shape index (κ2) is 9.70. The summed E-state index contributed by atoms with van der Waals surface area (Å²) in [6.07, 6.45) is 6.19. The summed E-state index contributed by atoms with van der Waals surface area (Å²) in [4.78, 5) is 14.7. The van der Waals surface area contributed by atoms with Crippen LogP contribution in [-0.2, 0) is 14.6 Å². The molecule has 1 aromatic heterocycles. The van der Waals surface area contributed by atoms with Crippen LogP contribution >= 0.6 is 0 Å². The number of carbonyl (C=O) groups is 1. The van der Waals surface area contributed by atoms with Gasteiger partial charge in [-0.05, 0) is 55.3 Å². The van der Waals surface area contributed by atoms with Gasteiger partial charge in [-0.2, -0.15) is 5.10 Å². The lowest BCUT2D eigenvalue weighted by atomic mass is 10.1. The summed E-state index contributed by atoms with van der Waals surface area (Å²) in [6.45, 7) is 2.46. The third-order valence-electron chi connectivity index (χ3n) is 5.68. The number of sulfone groups is 1. The highest BCUT2D eigenvalue weighted by Gasteiger charge is 2.33. The Kier molecular flexibility index (Phi) is 6.74. The van der Waals surface area contributed by atoms with E-state index in [1.807, 2.05) is 43.5 Å². The zero-order valence-corrected chi connectivity index (χ0v) is 19.2. The predicted molar refractivity (Wildman–Crippen MR) is 127 cm³/mol. The van der Waals surface area contributed by atoms with Crippen LogP contribution in [0.3, 0.4) is 0 Å². The third kappa shape index (κ3) is 5.39. The van der Waals surface area contributed by atoms with Gasteiger partial charge in [-0.3, -0.25) is 4.79 Å². The molecule has 1 fully saturated rings. The van der Waals surface area contributed by atoms with Crippen molar-refractivity contribution in [1.29, 1.82) is 0 Å². The van der Waals surface area contributed by atoms with Gasteiger partial charge in [0.05, 0.1) is 22.9 Å². The molecule has 0 bridgehead atoms. The van der Waals surface area contributed by atoms with E-state index in [1.165, 1.54) is 18.2 Å². The predicted octanol–water partition coefficient (Wildman–Crippen LogP) is 4.12. The van der Waals surface area contributed by atoms with Gasteiger partial charge >= 0.3 is 0 Å². The number of rotatable bonds is 7. The molecule has 2 aromatic carbocycles. The fraction of sp³-hybridized carbons (Fsp3) is 0.280. The maximum absolute atomic E-state index is 13.5. The van der Waals surface area contributed by atoms with E-state index < -0.39 is 9.84 Å². The van der Waals surface area contributed by atoms with Crippen molar-refractivity contribution in [3.8, 4) is 16.9 Å². The zero-order valence-electron chi connectivity index (χ0n) is 18.4. The first-order chi connectivity index (χ1) is 15.9. The number of nitrogens with zero attached hydrogens (tertiary/aromatic N) is 3. The molecular formula is C25H26FN3O3S. The van der Waals surface area contributed by atoms with E-state index in [9.17, 15) is 17.6 Å². The lowest BCUT2D eigenvalue weighted by molar-refractivity contribution is -0.127. The van der Waals surface area contributed by atoms with Crippen LogP contribution < -0.4 is 0 Å². The van der Waals surface area contributed by atoms with Gasteiger partial charge in [0.2, 0.25) is 5.91 Å². The molecule has 172 valence electrons. The zero-order chi connectivity index (χ0) is 23.4. The first kappa shape index (κ1) is 22.9. The van der Waals surface area contributed by atoms with Crippen LogP contribution in [0.4, 0.5) is 4.39 Å². The van der Waals surface area contributed by atoms with Crippen molar-refractivity contribution >= 4 is 21.8 Å². The highest BCUT2D eigenvalue weighted by molar-refractivity contribution is 7.91. The summed E-state index contributed by atoms with van der Waals surface area (Å²) in [7, 11) is -3.09. The molecule has 1 atom stereocenters. The first-order valence-corrected chi connectivity index (χ1v) is 12.8. The molecule has 1 saturated heterocycles. The highest BCUT2D eigenvalue weighted by Crippen LogP contribution is 2.26. The summed E-state index contributed by atoms with van der Waals surface area (Å²) in [5, 5.41) is 4.67. The average molecular weight is 468 g/mol. The van der Waals surface area contributed by atoms with Crippen molar-refractivity contribution in [3.63, 3.8) is 0 Å². The second-order valence-electron chi connectivity index (χ2n) is 8.14. The van der Waals surface area contributed by atoms with E-state index in [1.54, 1.807) is 27.8 Å². The molecular weight excluding hydrogens is 441 g/mol. The number of benzene rings is 2. The quantitative estimate of drug-likeness (QED) is 0.490. The number of amides is 1. The fourth-order valence-corrected chi connectivity index (χ4v) is 5.78. The molecule has 1 aliphatic heterocycles. The van der Waals surface area contributed by atoms with Gasteiger partial charge in [-0.15, -0.1) is 0 Å². The Morgan fingerprint density at radius 3 is 2.55 bits per heavy atom. The third-order valence-corrected chi connectivity index (χ3v) is 7.43. The lowest BCUT2D eigenvalue weighted by Crippen LogP contribution is -2.40. The Morgan fingerprint density at radius 2 is 1.91 bits per heavy atom. The number of halogens is 1. The summed E-state index contributed by atoms with van der Waals surface area (Å²) in [6, 6.07) is 15.3. The Labute approximate surface area is 193 Å². The normalized spacial score (nSPS) is 17.5. The van der Waals surface area contributed by atoms with E-state index in [0.717, 1.165) is 17.7 Å². The Morgan fingerprint density at radius 1 is 1.18 bits per heavy atom. The molecule has 1 aliphatic rings. The van der Waals surface area contributed by atoms with Crippen LogP contribution in [0.5, 0.6) is 0 Å². The lowest BCUT2D eigenvalue weighted by Gasteiger charge is -2.26. The Hall–Kier alpha value is -3.26. The van der Waals surface area contributed by atoms with Gasteiger partial charge in [0.1, 0.15) is 5.82 Å². The first-order valence-electron chi connectivity index (χ1n) is 11.0. The van der Waals surface area contributed by atoms with Gasteiger partial charge in [0, 0.05) is 36.0 Å². The summed E-state index contributed by atoms with van der Waals surface area (Å²) in [5.41, 5.74) is 2.91. The van der Waals surface area contributed by atoms with E-state index in [-0.39, 0.29) is 29.3 Å². The van der Waals surface area contributed by atoms with Gasteiger partial charge in [0.25, 0.3) is 0 Å². The molecule has 1 amide bonds. The van der Waals surface area contributed by atoms with E-state index in [0.29, 0.717) is 24.2 Å². The maximum Gasteiger partial charge on any atom is 0.246 e. The minimum absolute atomic E-state index is 0.0132. The van der Waals surface area contributed by atoms with Crippen molar-refractivity contribution in [1.82, 2.24) is 14.7 Å². The SMILES string of the molecule is CCCN(C(=O)/C=C/c1cn(-c2ccccc2)nc1-c1ccc(F)cc1)C1CCS(=O)(=O)C1. The number of hydrogen-bond donors (Lipinski definition) is 0. The molecule has 0 radical (unpaired) electrons. The van der Waals surface area contributed by atoms with Crippen LogP contribution in [0.2, 0.25) is 0 Å². The van der Waals surface area contributed by atoms with Crippen LogP contribution in [-0.4, -0.2) is 53.1 Å². The standard InChI is InChI=1S/C25H26FN3O3S/c1-2-15-28(23-14-16-33(31,32)18-23)24(30)13-10-20-17-29(22-6-4-3-5-7-22)27-25(20)19-8-11-21(26)12-9-19/h3-13,17,23H,2,14-16,18H2,1H3/b13-10+. The minimum Gasteiger partial charge on any atom is -0.335 e. The van der Waals surface area contributed by atoms with E-state index >= 15 is 0 Å². The maximum atomic E-state index is 13.5. The van der Waals surface area contributed by atoms with E-state index in [2.05, 4.69) is 5.10 Å². The van der Waals surface area contributed by atoms with Crippen LogP contribution in [0.25, 0.3) is 23.0 Å². The van der Waals surface area contributed by atoms with Crippen molar-refractivity contribution in [2.45, 2.75) is 25.8 Å². The fourth-order valence-electron chi connectivity index (χ4n) is 4.05. The van der Waals surface area contributed by atoms with Gasteiger partial charge < -0.3 is 4.90 Å². The largest absolute Gasteiger partial charge is 0.335 e. The number of para-hydroxylation sites is 1. The molecule has 8 heteroatoms. The smallest absolute Gasteiger partial charge is 0.246 e. The molecule has 0 spiro atoms. The van der Waals surface area contributed by atoms with Gasteiger partial charge in [0.15, 0.2) is 9.84 Å². The van der Waals surface area contributed by atoms with E-state index in [4.69, 9.17) is 0 Å². The average Bonchev–Trinajstić information content (AvgIpc) is 3.40. The minimum atomic E-state index is -3.09. The number of hydrogen-bond acceptors (Lipinski definition) is 4. The second-order valence-corrected chi connectivity index (χ2v) is 10.4. The number of aromatic nitrogens is 2. The molecule has 0 N–H and O–H groups in total. The summed E-state index contributed by atoms with van der Waals surface area (Å²) >= 11 is 0. The topological polar surface area (TPSA) is 72.3 Å².